The lowest BCUT2D eigenvalue weighted by Crippen LogP contribution is -2.13. The maximum absolute atomic E-state index is 13.4. The van der Waals surface area contributed by atoms with E-state index in [1.807, 2.05) is 13.8 Å². The Bertz CT molecular complexity index is 629. The summed E-state index contributed by atoms with van der Waals surface area (Å²) in [4.78, 5) is 16.1. The molecule has 1 aromatic heterocycles. The lowest BCUT2D eigenvalue weighted by atomic mass is 10.2. The molecular weight excluding hydrogens is 271 g/mol. The number of hydrogen-bond acceptors (Lipinski definition) is 4. The monoisotopic (exact) mass is 288 g/mol. The van der Waals surface area contributed by atoms with Gasteiger partial charge in [-0.15, -0.1) is 0 Å². The van der Waals surface area contributed by atoms with Crippen LogP contribution in [0.15, 0.2) is 42.5 Å². The van der Waals surface area contributed by atoms with E-state index in [-0.39, 0.29) is 18.3 Å². The maximum atomic E-state index is 13.4. The van der Waals surface area contributed by atoms with Gasteiger partial charge < -0.3 is 10.1 Å². The highest BCUT2D eigenvalue weighted by atomic mass is 19.1. The average Bonchev–Trinajstić information content (AvgIpc) is 2.45. The van der Waals surface area contributed by atoms with Gasteiger partial charge in [-0.25, -0.2) is 14.2 Å². The first-order chi connectivity index (χ1) is 10.1. The number of hydrogen-bond donors (Lipinski definition) is 1. The normalized spacial score (nSPS) is 10.5. The van der Waals surface area contributed by atoms with E-state index in [2.05, 4.69) is 10.3 Å². The van der Waals surface area contributed by atoms with Crippen LogP contribution in [-0.2, 0) is 11.3 Å². The molecule has 1 N–H and O–H groups in total. The predicted octanol–water partition coefficient (Wildman–Crippen LogP) is 3.40. The zero-order valence-corrected chi connectivity index (χ0v) is 12.0. The molecule has 0 aliphatic carbocycles. The topological polar surface area (TPSA) is 51.2 Å². The minimum absolute atomic E-state index is 0.116. The lowest BCUT2D eigenvalue weighted by molar-refractivity contribution is 0.0462. The molecule has 0 saturated heterocycles. The van der Waals surface area contributed by atoms with Crippen LogP contribution in [0.2, 0.25) is 0 Å². The fourth-order valence-electron chi connectivity index (χ4n) is 1.76. The van der Waals surface area contributed by atoms with Crippen molar-refractivity contribution in [1.82, 2.24) is 4.98 Å². The number of nitrogens with zero attached hydrogens (tertiary/aromatic N) is 1. The summed E-state index contributed by atoms with van der Waals surface area (Å²) in [6.45, 7) is 3.84. The summed E-state index contributed by atoms with van der Waals surface area (Å²) in [5.41, 5.74) is 0.527. The van der Waals surface area contributed by atoms with Crippen molar-refractivity contribution in [2.75, 3.05) is 5.32 Å². The first kappa shape index (κ1) is 15.0. The summed E-state index contributed by atoms with van der Waals surface area (Å²) >= 11 is 0. The van der Waals surface area contributed by atoms with Gasteiger partial charge in [0.2, 0.25) is 0 Å². The van der Waals surface area contributed by atoms with Crippen molar-refractivity contribution in [2.45, 2.75) is 26.5 Å². The molecule has 2 aromatic rings. The Labute approximate surface area is 123 Å². The number of halogens is 1. The van der Waals surface area contributed by atoms with Gasteiger partial charge in [0.25, 0.3) is 0 Å². The Morgan fingerprint density at radius 3 is 2.71 bits per heavy atom. The lowest BCUT2D eigenvalue weighted by Gasteiger charge is -2.10. The van der Waals surface area contributed by atoms with Crippen LogP contribution in [0.4, 0.5) is 10.2 Å². The fraction of sp³-hybridized carbons (Fsp3) is 0.250. The van der Waals surface area contributed by atoms with Crippen LogP contribution in [0.1, 0.15) is 29.9 Å². The number of benzene rings is 1. The summed E-state index contributed by atoms with van der Waals surface area (Å²) in [6.07, 6.45) is 0. The number of aromatic nitrogens is 1. The van der Waals surface area contributed by atoms with Crippen LogP contribution in [0.5, 0.6) is 0 Å². The van der Waals surface area contributed by atoms with Gasteiger partial charge in [-0.2, -0.15) is 0 Å². The van der Waals surface area contributed by atoms with Gasteiger partial charge in [0.05, 0.1) is 0 Å². The second kappa shape index (κ2) is 6.83. The second-order valence-electron chi connectivity index (χ2n) is 4.87. The van der Waals surface area contributed by atoms with Crippen molar-refractivity contribution >= 4 is 11.8 Å². The predicted molar refractivity (Wildman–Crippen MR) is 78.5 cm³/mol. The van der Waals surface area contributed by atoms with Crippen LogP contribution in [0, 0.1) is 5.82 Å². The van der Waals surface area contributed by atoms with Crippen LogP contribution in [-0.4, -0.2) is 17.0 Å². The third kappa shape index (κ3) is 4.27. The number of esters is 1. The fourth-order valence-corrected chi connectivity index (χ4v) is 1.76. The van der Waals surface area contributed by atoms with Crippen molar-refractivity contribution < 1.29 is 13.9 Å². The molecule has 21 heavy (non-hydrogen) atoms. The number of carbonyl (C=O) groups is 1. The van der Waals surface area contributed by atoms with E-state index in [0.717, 1.165) is 0 Å². The van der Waals surface area contributed by atoms with Gasteiger partial charge in [-0.1, -0.05) is 24.3 Å². The molecule has 0 fully saturated rings. The molecule has 0 bridgehead atoms. The third-order valence-electron chi connectivity index (χ3n) is 2.71. The molecule has 2 rings (SSSR count). The SMILES string of the molecule is CC(C)Nc1cccc(C(=O)OCc2ccccc2F)n1. The number of anilines is 1. The zero-order valence-electron chi connectivity index (χ0n) is 12.0. The maximum Gasteiger partial charge on any atom is 0.357 e. The van der Waals surface area contributed by atoms with Gasteiger partial charge >= 0.3 is 5.97 Å². The van der Waals surface area contributed by atoms with Gasteiger partial charge in [-0.05, 0) is 32.0 Å². The highest BCUT2D eigenvalue weighted by molar-refractivity contribution is 5.87. The largest absolute Gasteiger partial charge is 0.456 e. The van der Waals surface area contributed by atoms with Crippen molar-refractivity contribution in [3.8, 4) is 0 Å². The quantitative estimate of drug-likeness (QED) is 0.857. The summed E-state index contributed by atoms with van der Waals surface area (Å²) in [7, 11) is 0. The molecule has 0 aliphatic heterocycles. The molecule has 0 radical (unpaired) electrons. The van der Waals surface area contributed by atoms with Gasteiger partial charge in [-0.3, -0.25) is 0 Å². The molecule has 5 heteroatoms. The Morgan fingerprint density at radius 2 is 2.00 bits per heavy atom. The Morgan fingerprint density at radius 1 is 1.24 bits per heavy atom. The third-order valence-corrected chi connectivity index (χ3v) is 2.71. The minimum Gasteiger partial charge on any atom is -0.456 e. The Hall–Kier alpha value is -2.43. The van der Waals surface area contributed by atoms with E-state index >= 15 is 0 Å². The number of rotatable bonds is 5. The number of ether oxygens (including phenoxy) is 1. The molecule has 4 nitrogen and oxygen atoms in total. The van der Waals surface area contributed by atoms with Gasteiger partial charge in [0, 0.05) is 11.6 Å². The molecule has 0 aliphatic rings. The van der Waals surface area contributed by atoms with Gasteiger partial charge in [0.15, 0.2) is 5.69 Å². The van der Waals surface area contributed by atoms with E-state index < -0.39 is 11.8 Å². The van der Waals surface area contributed by atoms with Crippen molar-refractivity contribution in [3.05, 3.63) is 59.5 Å². The van der Waals surface area contributed by atoms with E-state index in [9.17, 15) is 9.18 Å². The van der Waals surface area contributed by atoms with Crippen molar-refractivity contribution in [3.63, 3.8) is 0 Å². The van der Waals surface area contributed by atoms with E-state index in [1.54, 1.807) is 36.4 Å². The van der Waals surface area contributed by atoms with E-state index in [0.29, 0.717) is 11.4 Å². The molecule has 0 atom stereocenters. The van der Waals surface area contributed by atoms with Crippen LogP contribution in [0.25, 0.3) is 0 Å². The summed E-state index contributed by atoms with van der Waals surface area (Å²) in [5.74, 6) is -0.371. The average molecular weight is 288 g/mol. The van der Waals surface area contributed by atoms with Crippen molar-refractivity contribution in [1.29, 1.82) is 0 Å². The molecule has 0 saturated carbocycles. The van der Waals surface area contributed by atoms with E-state index in [1.165, 1.54) is 6.07 Å². The molecule has 0 spiro atoms. The smallest absolute Gasteiger partial charge is 0.357 e. The molecule has 1 aromatic carbocycles. The molecule has 0 unspecified atom stereocenters. The first-order valence-corrected chi connectivity index (χ1v) is 6.70. The molecule has 1 heterocycles. The first-order valence-electron chi connectivity index (χ1n) is 6.70. The number of carbonyl (C=O) groups excluding carboxylic acids is 1. The minimum atomic E-state index is -0.578. The molecular formula is C16H17FN2O2. The summed E-state index contributed by atoms with van der Waals surface area (Å²) in [5, 5.41) is 3.10. The number of nitrogens with one attached hydrogen (secondary N) is 1. The summed E-state index contributed by atoms with van der Waals surface area (Å²) in [6, 6.07) is 11.4. The number of pyridine rings is 1. The molecule has 110 valence electrons. The summed E-state index contributed by atoms with van der Waals surface area (Å²) < 4.78 is 18.5. The van der Waals surface area contributed by atoms with Crippen molar-refractivity contribution in [2.24, 2.45) is 0 Å². The Kier molecular flexibility index (Phi) is 4.87. The molecule has 0 amide bonds. The van der Waals surface area contributed by atoms with Crippen LogP contribution in [0.3, 0.4) is 0 Å². The highest BCUT2D eigenvalue weighted by Crippen LogP contribution is 2.11. The van der Waals surface area contributed by atoms with Crippen LogP contribution >= 0.6 is 0 Å². The standard InChI is InChI=1S/C16H17FN2O2/c1-11(2)18-15-9-5-8-14(19-15)16(20)21-10-12-6-3-4-7-13(12)17/h3-9,11H,10H2,1-2H3,(H,18,19). The highest BCUT2D eigenvalue weighted by Gasteiger charge is 2.11. The van der Waals surface area contributed by atoms with Crippen LogP contribution < -0.4 is 5.32 Å². The zero-order chi connectivity index (χ0) is 15.2. The second-order valence-corrected chi connectivity index (χ2v) is 4.87. The van der Waals surface area contributed by atoms with E-state index in [4.69, 9.17) is 4.74 Å². The Balaban J connectivity index is 2.02. The van der Waals surface area contributed by atoms with Gasteiger partial charge in [0.1, 0.15) is 18.2 Å².